The zero-order chi connectivity index (χ0) is 16.2. The van der Waals surface area contributed by atoms with Crippen LogP contribution in [0, 0.1) is 0 Å². The predicted octanol–water partition coefficient (Wildman–Crippen LogP) is 2.92. The number of nitrogens with one attached hydrogen (secondary N) is 1. The van der Waals surface area contributed by atoms with Gasteiger partial charge in [-0.25, -0.2) is 8.42 Å². The van der Waals surface area contributed by atoms with E-state index >= 15 is 0 Å². The normalized spacial score (nSPS) is 11.2. The summed E-state index contributed by atoms with van der Waals surface area (Å²) < 4.78 is 27.6. The average Bonchev–Trinajstić information content (AvgIpc) is 2.50. The summed E-state index contributed by atoms with van der Waals surface area (Å²) in [5.74, 6) is 0. The maximum Gasteiger partial charge on any atom is 0.261 e. The molecule has 0 radical (unpaired) electrons. The van der Waals surface area contributed by atoms with Crippen LogP contribution in [-0.2, 0) is 10.0 Å². The summed E-state index contributed by atoms with van der Waals surface area (Å²) >= 11 is 0. The number of anilines is 3. The van der Waals surface area contributed by atoms with Crippen molar-refractivity contribution in [2.75, 3.05) is 28.4 Å². The molecular weight excluding hydrogens is 298 g/mol. The third kappa shape index (κ3) is 3.51. The first-order valence-corrected chi connectivity index (χ1v) is 8.68. The molecule has 2 rings (SSSR count). The van der Waals surface area contributed by atoms with Crippen molar-refractivity contribution in [3.8, 4) is 0 Å². The standard InChI is InChI=1S/C16H21N3O2S/c1-3-19(4-2)16-8-6-5-7-15(16)18-22(20,21)14-11-9-13(17)10-12-14/h5-12,18H,3-4,17H2,1-2H3. The number of hydrogen-bond acceptors (Lipinski definition) is 4. The molecule has 0 aliphatic rings. The molecule has 6 heteroatoms. The van der Waals surface area contributed by atoms with Gasteiger partial charge >= 0.3 is 0 Å². The molecular formula is C16H21N3O2S. The number of sulfonamides is 1. The van der Waals surface area contributed by atoms with Gasteiger partial charge in [0.25, 0.3) is 10.0 Å². The van der Waals surface area contributed by atoms with E-state index < -0.39 is 10.0 Å². The van der Waals surface area contributed by atoms with Crippen molar-refractivity contribution in [1.82, 2.24) is 0 Å². The first-order chi connectivity index (χ1) is 10.5. The van der Waals surface area contributed by atoms with Crippen molar-refractivity contribution in [2.24, 2.45) is 0 Å². The van der Waals surface area contributed by atoms with Crippen molar-refractivity contribution in [1.29, 1.82) is 0 Å². The summed E-state index contributed by atoms with van der Waals surface area (Å²) in [6.45, 7) is 5.68. The highest BCUT2D eigenvalue weighted by Gasteiger charge is 2.17. The molecule has 0 fully saturated rings. The van der Waals surface area contributed by atoms with Crippen LogP contribution in [0.2, 0.25) is 0 Å². The fourth-order valence-corrected chi connectivity index (χ4v) is 3.33. The molecule has 2 aromatic carbocycles. The molecule has 3 N–H and O–H groups in total. The Kier molecular flexibility index (Phi) is 4.92. The summed E-state index contributed by atoms with van der Waals surface area (Å²) in [5.41, 5.74) is 7.57. The van der Waals surface area contributed by atoms with Crippen LogP contribution >= 0.6 is 0 Å². The molecule has 0 unspecified atom stereocenters. The van der Waals surface area contributed by atoms with E-state index in [9.17, 15) is 8.42 Å². The van der Waals surface area contributed by atoms with Gasteiger partial charge in [-0.3, -0.25) is 4.72 Å². The van der Waals surface area contributed by atoms with Gasteiger partial charge in [0.15, 0.2) is 0 Å². The molecule has 118 valence electrons. The van der Waals surface area contributed by atoms with Crippen molar-refractivity contribution < 1.29 is 8.42 Å². The predicted molar refractivity (Wildman–Crippen MR) is 91.7 cm³/mol. The third-order valence-corrected chi connectivity index (χ3v) is 4.82. The minimum atomic E-state index is -3.63. The van der Waals surface area contributed by atoms with Gasteiger partial charge in [-0.2, -0.15) is 0 Å². The Hall–Kier alpha value is -2.21. The molecule has 22 heavy (non-hydrogen) atoms. The molecule has 0 saturated carbocycles. The van der Waals surface area contributed by atoms with Gasteiger partial charge < -0.3 is 10.6 Å². The van der Waals surface area contributed by atoms with Gasteiger partial charge in [0.1, 0.15) is 0 Å². The van der Waals surface area contributed by atoms with E-state index in [0.29, 0.717) is 11.4 Å². The van der Waals surface area contributed by atoms with Crippen molar-refractivity contribution in [3.63, 3.8) is 0 Å². The molecule has 2 aromatic rings. The largest absolute Gasteiger partial charge is 0.399 e. The van der Waals surface area contributed by atoms with Gasteiger partial charge in [0.2, 0.25) is 0 Å². The molecule has 0 aliphatic carbocycles. The Morgan fingerprint density at radius 2 is 1.59 bits per heavy atom. The van der Waals surface area contributed by atoms with E-state index in [4.69, 9.17) is 5.73 Å². The van der Waals surface area contributed by atoms with E-state index in [1.165, 1.54) is 12.1 Å². The number of nitrogens with two attached hydrogens (primary N) is 1. The third-order valence-electron chi connectivity index (χ3n) is 3.44. The summed E-state index contributed by atoms with van der Waals surface area (Å²) in [5, 5.41) is 0. The maximum atomic E-state index is 12.5. The zero-order valence-corrected chi connectivity index (χ0v) is 13.6. The lowest BCUT2D eigenvalue weighted by Gasteiger charge is -2.24. The first-order valence-electron chi connectivity index (χ1n) is 7.20. The molecule has 0 aromatic heterocycles. The minimum Gasteiger partial charge on any atom is -0.399 e. The Morgan fingerprint density at radius 1 is 1.00 bits per heavy atom. The highest BCUT2D eigenvalue weighted by Crippen LogP contribution is 2.27. The summed E-state index contributed by atoms with van der Waals surface area (Å²) in [7, 11) is -3.63. The van der Waals surface area contributed by atoms with Crippen LogP contribution in [0.3, 0.4) is 0 Å². The van der Waals surface area contributed by atoms with Gasteiger partial charge in [0, 0.05) is 18.8 Å². The number of hydrogen-bond donors (Lipinski definition) is 2. The lowest BCUT2D eigenvalue weighted by Crippen LogP contribution is -2.24. The van der Waals surface area contributed by atoms with E-state index in [2.05, 4.69) is 9.62 Å². The maximum absolute atomic E-state index is 12.5. The molecule has 0 saturated heterocycles. The molecule has 0 spiro atoms. The molecule has 0 atom stereocenters. The number of benzene rings is 2. The van der Waals surface area contributed by atoms with Crippen LogP contribution in [0.1, 0.15) is 13.8 Å². The van der Waals surface area contributed by atoms with E-state index in [-0.39, 0.29) is 4.90 Å². The number of nitrogen functional groups attached to an aromatic ring is 1. The molecule has 5 nitrogen and oxygen atoms in total. The molecule has 0 amide bonds. The lowest BCUT2D eigenvalue weighted by molar-refractivity contribution is 0.601. The number of nitrogens with zero attached hydrogens (tertiary/aromatic N) is 1. The quantitative estimate of drug-likeness (QED) is 0.803. The van der Waals surface area contributed by atoms with Crippen LogP contribution in [0.5, 0.6) is 0 Å². The Labute approximate surface area is 131 Å². The lowest BCUT2D eigenvalue weighted by atomic mass is 10.2. The van der Waals surface area contributed by atoms with Crippen molar-refractivity contribution >= 4 is 27.1 Å². The topological polar surface area (TPSA) is 75.4 Å². The van der Waals surface area contributed by atoms with E-state index in [0.717, 1.165) is 18.8 Å². The fraction of sp³-hybridized carbons (Fsp3) is 0.250. The SMILES string of the molecule is CCN(CC)c1ccccc1NS(=O)(=O)c1ccc(N)cc1. The minimum absolute atomic E-state index is 0.191. The second kappa shape index (κ2) is 6.70. The number of para-hydroxylation sites is 2. The summed E-state index contributed by atoms with van der Waals surface area (Å²) in [6, 6.07) is 13.5. The van der Waals surface area contributed by atoms with Crippen LogP contribution in [0.25, 0.3) is 0 Å². The van der Waals surface area contributed by atoms with E-state index in [1.54, 1.807) is 18.2 Å². The van der Waals surface area contributed by atoms with Crippen molar-refractivity contribution in [3.05, 3.63) is 48.5 Å². The van der Waals surface area contributed by atoms with Crippen LogP contribution < -0.4 is 15.4 Å². The highest BCUT2D eigenvalue weighted by atomic mass is 32.2. The molecule has 0 aliphatic heterocycles. The van der Waals surface area contributed by atoms with Crippen LogP contribution in [-0.4, -0.2) is 21.5 Å². The summed E-state index contributed by atoms with van der Waals surface area (Å²) in [4.78, 5) is 2.29. The fourth-order valence-electron chi connectivity index (χ4n) is 2.25. The average molecular weight is 319 g/mol. The van der Waals surface area contributed by atoms with Gasteiger partial charge in [0.05, 0.1) is 16.3 Å². The highest BCUT2D eigenvalue weighted by molar-refractivity contribution is 7.92. The molecule has 0 heterocycles. The van der Waals surface area contributed by atoms with Crippen molar-refractivity contribution in [2.45, 2.75) is 18.7 Å². The first kappa shape index (κ1) is 16.2. The van der Waals surface area contributed by atoms with Crippen LogP contribution in [0.4, 0.5) is 17.1 Å². The van der Waals surface area contributed by atoms with Gasteiger partial charge in [-0.1, -0.05) is 12.1 Å². The second-order valence-electron chi connectivity index (χ2n) is 4.86. The monoisotopic (exact) mass is 319 g/mol. The zero-order valence-electron chi connectivity index (χ0n) is 12.8. The smallest absolute Gasteiger partial charge is 0.261 e. The second-order valence-corrected chi connectivity index (χ2v) is 6.55. The van der Waals surface area contributed by atoms with E-state index in [1.807, 2.05) is 32.0 Å². The van der Waals surface area contributed by atoms with Crippen LogP contribution in [0.15, 0.2) is 53.4 Å². The Bertz CT molecular complexity index is 723. The van der Waals surface area contributed by atoms with Gasteiger partial charge in [-0.05, 0) is 50.2 Å². The van der Waals surface area contributed by atoms with Gasteiger partial charge in [-0.15, -0.1) is 0 Å². The molecule has 0 bridgehead atoms. The summed E-state index contributed by atoms with van der Waals surface area (Å²) in [6.07, 6.45) is 0. The Balaban J connectivity index is 2.36. The number of rotatable bonds is 6. The Morgan fingerprint density at radius 3 is 2.18 bits per heavy atom.